The van der Waals surface area contributed by atoms with Crippen molar-refractivity contribution in [3.63, 3.8) is 0 Å². The summed E-state index contributed by atoms with van der Waals surface area (Å²) in [6.07, 6.45) is 23.2. The van der Waals surface area contributed by atoms with Gasteiger partial charge in [-0.25, -0.2) is 0 Å². The number of carbonyl (C=O) groups excluding carboxylic acids is 2. The Morgan fingerprint density at radius 3 is 1.96 bits per heavy atom. The summed E-state index contributed by atoms with van der Waals surface area (Å²) in [6.45, 7) is 7.37. The molecule has 0 aromatic heterocycles. The zero-order valence-electron chi connectivity index (χ0n) is 18.2. The van der Waals surface area contributed by atoms with Crippen LogP contribution in [0.3, 0.4) is 0 Å². The summed E-state index contributed by atoms with van der Waals surface area (Å²) < 4.78 is 5.04. The number of ketones is 1. The van der Waals surface area contributed by atoms with Crippen LogP contribution in [0.15, 0.2) is 24.3 Å². The molecule has 3 nitrogen and oxygen atoms in total. The Balaban J connectivity index is 3.56. The minimum Gasteiger partial charge on any atom is -0.457 e. The van der Waals surface area contributed by atoms with E-state index >= 15 is 0 Å². The van der Waals surface area contributed by atoms with Gasteiger partial charge < -0.3 is 4.74 Å². The molecule has 0 aliphatic rings. The lowest BCUT2D eigenvalue weighted by Gasteiger charge is -2.22. The van der Waals surface area contributed by atoms with Crippen molar-refractivity contribution in [1.29, 1.82) is 0 Å². The van der Waals surface area contributed by atoms with Crippen LogP contribution in [0.25, 0.3) is 0 Å². The van der Waals surface area contributed by atoms with Crippen molar-refractivity contribution in [1.82, 2.24) is 0 Å². The molecule has 0 aliphatic carbocycles. The molecule has 0 aliphatic heterocycles. The minimum absolute atomic E-state index is 0.107. The Morgan fingerprint density at radius 2 is 1.37 bits per heavy atom. The van der Waals surface area contributed by atoms with Crippen LogP contribution in [0.1, 0.15) is 105 Å². The highest BCUT2D eigenvalue weighted by Crippen LogP contribution is 2.25. The largest absolute Gasteiger partial charge is 0.457 e. The van der Waals surface area contributed by atoms with Gasteiger partial charge in [0.15, 0.2) is 5.78 Å². The van der Waals surface area contributed by atoms with Gasteiger partial charge in [0.05, 0.1) is 5.41 Å². The molecular formula is C24H42O3. The van der Waals surface area contributed by atoms with Crippen LogP contribution >= 0.6 is 0 Å². The van der Waals surface area contributed by atoms with Gasteiger partial charge in [0.25, 0.3) is 0 Å². The molecule has 0 bridgehead atoms. The lowest BCUT2D eigenvalue weighted by molar-refractivity contribution is -0.157. The number of unbranched alkanes of at least 4 members (excludes halogenated alkanes) is 8. The standard InChI is InChI=1S/C24H42O3/c1-5-6-7-8-9-10-11-12-13-14-15-16-17-18-19-20-24(3,4)23(26)27-21-22(2)25/h9-10,12-13H,5-8,11,14-21H2,1-4H3/b10-9-,13-12-. The van der Waals surface area contributed by atoms with Crippen LogP contribution in [0.5, 0.6) is 0 Å². The van der Waals surface area contributed by atoms with Crippen molar-refractivity contribution in [2.45, 2.75) is 105 Å². The fourth-order valence-electron chi connectivity index (χ4n) is 2.84. The number of rotatable bonds is 17. The Labute approximate surface area is 167 Å². The van der Waals surface area contributed by atoms with Crippen LogP contribution in [0.2, 0.25) is 0 Å². The summed E-state index contributed by atoms with van der Waals surface area (Å²) in [5.74, 6) is -0.376. The van der Waals surface area contributed by atoms with Gasteiger partial charge in [0, 0.05) is 0 Å². The van der Waals surface area contributed by atoms with Crippen LogP contribution in [-0.4, -0.2) is 18.4 Å². The molecule has 0 amide bonds. The first-order valence-corrected chi connectivity index (χ1v) is 10.9. The molecule has 0 saturated carbocycles. The van der Waals surface area contributed by atoms with Gasteiger partial charge in [-0.3, -0.25) is 9.59 Å². The summed E-state index contributed by atoms with van der Waals surface area (Å²) in [5.41, 5.74) is -0.498. The third kappa shape index (κ3) is 16.5. The Morgan fingerprint density at radius 1 is 0.815 bits per heavy atom. The minimum atomic E-state index is -0.498. The number of carbonyl (C=O) groups is 2. The Kier molecular flexibility index (Phi) is 15.9. The van der Waals surface area contributed by atoms with Crippen molar-refractivity contribution in [2.75, 3.05) is 6.61 Å². The highest BCUT2D eigenvalue weighted by atomic mass is 16.5. The van der Waals surface area contributed by atoms with Crippen molar-refractivity contribution >= 4 is 11.8 Å². The van der Waals surface area contributed by atoms with E-state index in [1.165, 1.54) is 51.9 Å². The van der Waals surface area contributed by atoms with E-state index in [9.17, 15) is 9.59 Å². The molecule has 0 spiro atoms. The topological polar surface area (TPSA) is 43.4 Å². The first kappa shape index (κ1) is 25.6. The molecule has 0 heterocycles. The maximum Gasteiger partial charge on any atom is 0.311 e. The molecule has 3 heteroatoms. The van der Waals surface area contributed by atoms with E-state index < -0.39 is 5.41 Å². The summed E-state index contributed by atoms with van der Waals surface area (Å²) in [6, 6.07) is 0. The molecule has 0 N–H and O–H groups in total. The molecule has 0 atom stereocenters. The van der Waals surface area contributed by atoms with Gasteiger partial charge in [-0.1, -0.05) is 69.8 Å². The second-order valence-electron chi connectivity index (χ2n) is 8.14. The predicted octanol–water partition coefficient (Wildman–Crippen LogP) is 6.96. The quantitative estimate of drug-likeness (QED) is 0.156. The van der Waals surface area contributed by atoms with Crippen molar-refractivity contribution in [3.05, 3.63) is 24.3 Å². The molecule has 0 radical (unpaired) electrons. The average molecular weight is 379 g/mol. The number of Topliss-reactive ketones (excluding diaryl/α,β-unsaturated/α-hetero) is 1. The lowest BCUT2D eigenvalue weighted by Crippen LogP contribution is -2.28. The molecule has 0 rings (SSSR count). The lowest BCUT2D eigenvalue weighted by atomic mass is 9.87. The van der Waals surface area contributed by atoms with E-state index in [1.54, 1.807) is 0 Å². The smallest absolute Gasteiger partial charge is 0.311 e. The summed E-state index contributed by atoms with van der Waals surface area (Å²) in [5, 5.41) is 0. The van der Waals surface area contributed by atoms with Crippen molar-refractivity contribution < 1.29 is 14.3 Å². The Hall–Kier alpha value is -1.38. The molecule has 0 saturated heterocycles. The maximum absolute atomic E-state index is 12.0. The van der Waals surface area contributed by atoms with E-state index in [2.05, 4.69) is 31.2 Å². The molecule has 0 aromatic carbocycles. The van der Waals surface area contributed by atoms with E-state index in [-0.39, 0.29) is 18.4 Å². The van der Waals surface area contributed by atoms with Gasteiger partial charge in [-0.15, -0.1) is 0 Å². The third-order valence-electron chi connectivity index (χ3n) is 4.71. The van der Waals surface area contributed by atoms with Gasteiger partial charge in [0.1, 0.15) is 6.61 Å². The third-order valence-corrected chi connectivity index (χ3v) is 4.71. The molecule has 0 aromatic rings. The predicted molar refractivity (Wildman–Crippen MR) is 115 cm³/mol. The number of hydrogen-bond acceptors (Lipinski definition) is 3. The number of esters is 1. The van der Waals surface area contributed by atoms with Crippen LogP contribution in [0.4, 0.5) is 0 Å². The van der Waals surface area contributed by atoms with E-state index in [0.717, 1.165) is 32.1 Å². The van der Waals surface area contributed by atoms with E-state index in [1.807, 2.05) is 13.8 Å². The van der Waals surface area contributed by atoms with E-state index in [4.69, 9.17) is 4.74 Å². The van der Waals surface area contributed by atoms with Crippen LogP contribution < -0.4 is 0 Å². The molecular weight excluding hydrogens is 336 g/mol. The second-order valence-corrected chi connectivity index (χ2v) is 8.14. The van der Waals surface area contributed by atoms with Gasteiger partial charge in [-0.05, 0) is 59.3 Å². The molecule has 27 heavy (non-hydrogen) atoms. The maximum atomic E-state index is 12.0. The van der Waals surface area contributed by atoms with Gasteiger partial charge in [-0.2, -0.15) is 0 Å². The highest BCUT2D eigenvalue weighted by Gasteiger charge is 2.28. The monoisotopic (exact) mass is 378 g/mol. The molecule has 0 fully saturated rings. The number of allylic oxidation sites excluding steroid dienone is 4. The summed E-state index contributed by atoms with van der Waals surface area (Å²) in [4.78, 5) is 22.9. The normalized spacial score (nSPS) is 12.1. The Bertz CT molecular complexity index is 447. The van der Waals surface area contributed by atoms with Crippen molar-refractivity contribution in [3.8, 4) is 0 Å². The van der Waals surface area contributed by atoms with Crippen LogP contribution in [-0.2, 0) is 14.3 Å². The van der Waals surface area contributed by atoms with Crippen molar-refractivity contribution in [2.24, 2.45) is 5.41 Å². The first-order valence-electron chi connectivity index (χ1n) is 10.9. The molecule has 156 valence electrons. The second kappa shape index (κ2) is 16.8. The number of hydrogen-bond donors (Lipinski definition) is 0. The SMILES string of the molecule is CCCCC/C=C\C/C=C\CCCCCCCC(C)(C)C(=O)OCC(C)=O. The number of ether oxygens (including phenoxy) is 1. The first-order chi connectivity index (χ1) is 12.9. The fourth-order valence-corrected chi connectivity index (χ4v) is 2.84. The average Bonchev–Trinajstić information content (AvgIpc) is 2.62. The summed E-state index contributed by atoms with van der Waals surface area (Å²) >= 11 is 0. The molecule has 0 unspecified atom stereocenters. The highest BCUT2D eigenvalue weighted by molar-refractivity contribution is 5.82. The van der Waals surface area contributed by atoms with E-state index in [0.29, 0.717) is 0 Å². The van der Waals surface area contributed by atoms with Gasteiger partial charge in [0.2, 0.25) is 0 Å². The zero-order chi connectivity index (χ0) is 20.4. The fraction of sp³-hybridized carbons (Fsp3) is 0.750. The van der Waals surface area contributed by atoms with Crippen LogP contribution in [0, 0.1) is 5.41 Å². The van der Waals surface area contributed by atoms with Gasteiger partial charge >= 0.3 is 5.97 Å². The zero-order valence-corrected chi connectivity index (χ0v) is 18.2. The summed E-state index contributed by atoms with van der Waals surface area (Å²) in [7, 11) is 0.